The third kappa shape index (κ3) is 3.79. The summed E-state index contributed by atoms with van der Waals surface area (Å²) >= 11 is 0. The van der Waals surface area contributed by atoms with Crippen molar-refractivity contribution in [2.75, 3.05) is 6.54 Å². The Labute approximate surface area is 116 Å². The van der Waals surface area contributed by atoms with Crippen molar-refractivity contribution in [2.24, 2.45) is 5.92 Å². The second-order valence-corrected chi connectivity index (χ2v) is 5.83. The van der Waals surface area contributed by atoms with E-state index < -0.39 is 0 Å². The van der Waals surface area contributed by atoms with E-state index in [9.17, 15) is 4.39 Å². The topological polar surface area (TPSA) is 12.0 Å². The summed E-state index contributed by atoms with van der Waals surface area (Å²) in [5.41, 5.74) is 2.38. The molecule has 0 amide bonds. The highest BCUT2D eigenvalue weighted by molar-refractivity contribution is 5.30. The lowest BCUT2D eigenvalue weighted by molar-refractivity contribution is 0.271. The van der Waals surface area contributed by atoms with Gasteiger partial charge in [-0.3, -0.25) is 0 Å². The minimum atomic E-state index is -0.111. The van der Waals surface area contributed by atoms with Gasteiger partial charge in [0.15, 0.2) is 0 Å². The highest BCUT2D eigenvalue weighted by atomic mass is 19.1. The molecule has 1 aliphatic carbocycles. The van der Waals surface area contributed by atoms with E-state index in [1.807, 2.05) is 6.07 Å². The molecule has 0 bridgehead atoms. The summed E-state index contributed by atoms with van der Waals surface area (Å²) in [5.74, 6) is 0.556. The number of nitrogens with one attached hydrogen (secondary N) is 1. The Hall–Kier alpha value is -0.890. The molecule has 1 aliphatic rings. The standard InChI is InChI=1S/C17H26FN/c1-3-11-19-17(14-7-5-4-6-8-14)16-12-15(18)10-9-13(16)2/h9-10,12,14,17,19H,3-8,11H2,1-2H3. The van der Waals surface area contributed by atoms with Crippen LogP contribution in [0.3, 0.4) is 0 Å². The zero-order valence-electron chi connectivity index (χ0n) is 12.2. The van der Waals surface area contributed by atoms with Gasteiger partial charge in [0.2, 0.25) is 0 Å². The quantitative estimate of drug-likeness (QED) is 0.808. The maximum Gasteiger partial charge on any atom is 0.123 e. The van der Waals surface area contributed by atoms with E-state index >= 15 is 0 Å². The Kier molecular flexibility index (Phi) is 5.38. The van der Waals surface area contributed by atoms with Crippen molar-refractivity contribution in [1.29, 1.82) is 0 Å². The number of benzene rings is 1. The molecule has 0 saturated heterocycles. The van der Waals surface area contributed by atoms with Crippen molar-refractivity contribution in [3.8, 4) is 0 Å². The Bertz CT molecular complexity index is 396. The Morgan fingerprint density at radius 2 is 2.00 bits per heavy atom. The highest BCUT2D eigenvalue weighted by Gasteiger charge is 2.25. The Morgan fingerprint density at radius 3 is 2.68 bits per heavy atom. The van der Waals surface area contributed by atoms with Crippen molar-refractivity contribution in [3.05, 3.63) is 35.1 Å². The molecule has 2 rings (SSSR count). The van der Waals surface area contributed by atoms with Crippen LogP contribution in [0.4, 0.5) is 4.39 Å². The van der Waals surface area contributed by atoms with Crippen molar-refractivity contribution in [2.45, 2.75) is 58.4 Å². The number of hydrogen-bond donors (Lipinski definition) is 1. The summed E-state index contributed by atoms with van der Waals surface area (Å²) in [6.07, 6.45) is 7.68. The van der Waals surface area contributed by atoms with Gasteiger partial charge in [0, 0.05) is 6.04 Å². The van der Waals surface area contributed by atoms with Crippen LogP contribution in [0.25, 0.3) is 0 Å². The lowest BCUT2D eigenvalue weighted by atomic mass is 9.80. The van der Waals surface area contributed by atoms with Gasteiger partial charge in [-0.25, -0.2) is 4.39 Å². The molecule has 1 nitrogen and oxygen atoms in total. The maximum absolute atomic E-state index is 13.6. The molecule has 0 heterocycles. The summed E-state index contributed by atoms with van der Waals surface area (Å²) in [5, 5.41) is 3.66. The Morgan fingerprint density at radius 1 is 1.26 bits per heavy atom. The molecule has 1 N–H and O–H groups in total. The van der Waals surface area contributed by atoms with Gasteiger partial charge in [-0.2, -0.15) is 0 Å². The van der Waals surface area contributed by atoms with Gasteiger partial charge in [0.05, 0.1) is 0 Å². The van der Waals surface area contributed by atoms with Crippen LogP contribution in [-0.4, -0.2) is 6.54 Å². The summed E-state index contributed by atoms with van der Waals surface area (Å²) in [4.78, 5) is 0. The van der Waals surface area contributed by atoms with Crippen LogP contribution >= 0.6 is 0 Å². The summed E-state index contributed by atoms with van der Waals surface area (Å²) in [7, 11) is 0. The van der Waals surface area contributed by atoms with Gasteiger partial charge < -0.3 is 5.32 Å². The van der Waals surface area contributed by atoms with E-state index in [-0.39, 0.29) is 5.82 Å². The molecular weight excluding hydrogens is 237 g/mol. The summed E-state index contributed by atoms with van der Waals surface area (Å²) < 4.78 is 13.6. The molecule has 0 spiro atoms. The van der Waals surface area contributed by atoms with Gasteiger partial charge >= 0.3 is 0 Å². The smallest absolute Gasteiger partial charge is 0.123 e. The molecule has 106 valence electrons. The molecule has 19 heavy (non-hydrogen) atoms. The molecule has 2 heteroatoms. The van der Waals surface area contributed by atoms with Gasteiger partial charge in [-0.05, 0) is 61.9 Å². The second kappa shape index (κ2) is 7.04. The van der Waals surface area contributed by atoms with Crippen molar-refractivity contribution in [3.63, 3.8) is 0 Å². The molecule has 1 fully saturated rings. The van der Waals surface area contributed by atoms with Crippen molar-refractivity contribution < 1.29 is 4.39 Å². The highest BCUT2D eigenvalue weighted by Crippen LogP contribution is 2.35. The van der Waals surface area contributed by atoms with Crippen LogP contribution in [0.2, 0.25) is 0 Å². The number of rotatable bonds is 5. The first-order valence-electron chi connectivity index (χ1n) is 7.71. The van der Waals surface area contributed by atoms with Crippen LogP contribution in [0.5, 0.6) is 0 Å². The second-order valence-electron chi connectivity index (χ2n) is 5.83. The van der Waals surface area contributed by atoms with Gasteiger partial charge in [0.1, 0.15) is 5.82 Å². The number of halogens is 1. The third-order valence-electron chi connectivity index (χ3n) is 4.31. The van der Waals surface area contributed by atoms with Crippen LogP contribution in [0.15, 0.2) is 18.2 Å². The Balaban J connectivity index is 2.22. The molecule has 1 aromatic rings. The summed E-state index contributed by atoms with van der Waals surface area (Å²) in [6.45, 7) is 5.29. The molecule has 0 radical (unpaired) electrons. The first kappa shape index (κ1) is 14.5. The van der Waals surface area contributed by atoms with Gasteiger partial charge in [-0.15, -0.1) is 0 Å². The van der Waals surface area contributed by atoms with Crippen LogP contribution in [-0.2, 0) is 0 Å². The van der Waals surface area contributed by atoms with E-state index in [4.69, 9.17) is 0 Å². The molecule has 1 saturated carbocycles. The van der Waals surface area contributed by atoms with E-state index in [2.05, 4.69) is 19.2 Å². The monoisotopic (exact) mass is 263 g/mol. The zero-order chi connectivity index (χ0) is 13.7. The average Bonchev–Trinajstić information content (AvgIpc) is 2.44. The van der Waals surface area contributed by atoms with Crippen molar-refractivity contribution in [1.82, 2.24) is 5.32 Å². The fourth-order valence-corrected chi connectivity index (χ4v) is 3.24. The van der Waals surface area contributed by atoms with E-state index in [0.29, 0.717) is 12.0 Å². The van der Waals surface area contributed by atoms with Crippen LogP contribution in [0, 0.1) is 18.7 Å². The average molecular weight is 263 g/mol. The number of aryl methyl sites for hydroxylation is 1. The predicted molar refractivity (Wildman–Crippen MR) is 78.7 cm³/mol. The maximum atomic E-state index is 13.6. The fraction of sp³-hybridized carbons (Fsp3) is 0.647. The molecular formula is C17H26FN. The number of hydrogen-bond acceptors (Lipinski definition) is 1. The molecule has 1 unspecified atom stereocenters. The van der Waals surface area contributed by atoms with E-state index in [0.717, 1.165) is 13.0 Å². The molecule has 1 aromatic carbocycles. The molecule has 0 aromatic heterocycles. The van der Waals surface area contributed by atoms with Crippen LogP contribution < -0.4 is 5.32 Å². The first-order chi connectivity index (χ1) is 9.22. The largest absolute Gasteiger partial charge is 0.310 e. The minimum Gasteiger partial charge on any atom is -0.310 e. The summed E-state index contributed by atoms with van der Waals surface area (Å²) in [6, 6.07) is 5.54. The van der Waals surface area contributed by atoms with Crippen LogP contribution in [0.1, 0.15) is 62.6 Å². The zero-order valence-corrected chi connectivity index (χ0v) is 12.2. The first-order valence-corrected chi connectivity index (χ1v) is 7.71. The van der Waals surface area contributed by atoms with Gasteiger partial charge in [0.25, 0.3) is 0 Å². The van der Waals surface area contributed by atoms with Crippen molar-refractivity contribution >= 4 is 0 Å². The lowest BCUT2D eigenvalue weighted by Gasteiger charge is -2.32. The molecule has 1 atom stereocenters. The normalized spacial score (nSPS) is 18.5. The third-order valence-corrected chi connectivity index (χ3v) is 4.31. The van der Waals surface area contributed by atoms with E-state index in [1.54, 1.807) is 12.1 Å². The molecule has 0 aliphatic heterocycles. The fourth-order valence-electron chi connectivity index (χ4n) is 3.24. The minimum absolute atomic E-state index is 0.111. The lowest BCUT2D eigenvalue weighted by Crippen LogP contribution is -2.31. The van der Waals surface area contributed by atoms with Gasteiger partial charge in [-0.1, -0.05) is 32.3 Å². The predicted octanol–water partition coefficient (Wildman–Crippen LogP) is 4.76. The SMILES string of the molecule is CCCNC(c1cc(F)ccc1C)C1CCCCC1. The van der Waals surface area contributed by atoms with E-state index in [1.165, 1.54) is 43.2 Å².